The maximum Gasteiger partial charge on any atom is 0.127 e. The summed E-state index contributed by atoms with van der Waals surface area (Å²) in [6.45, 7) is 0.690. The highest BCUT2D eigenvalue weighted by Crippen LogP contribution is 2.35. The highest BCUT2D eigenvalue weighted by Gasteiger charge is 2.27. The third kappa shape index (κ3) is 2.25. The molecule has 3 heteroatoms. The Hall–Kier alpha value is -1.22. The molecule has 2 aliphatic rings. The Morgan fingerprint density at radius 2 is 2.00 bits per heavy atom. The number of fused-ring (bicyclic) bond motifs is 1. The fourth-order valence-corrected chi connectivity index (χ4v) is 2.89. The van der Waals surface area contributed by atoms with Crippen LogP contribution in [0.25, 0.3) is 0 Å². The van der Waals surface area contributed by atoms with E-state index in [1.54, 1.807) is 12.1 Å². The summed E-state index contributed by atoms with van der Waals surface area (Å²) in [7, 11) is 0. The van der Waals surface area contributed by atoms with Crippen LogP contribution in [-0.2, 0) is 0 Å². The topological polar surface area (TPSA) is 41.5 Å². The number of hydrogen-bond donors (Lipinski definition) is 2. The van der Waals surface area contributed by atoms with Crippen LogP contribution in [-0.4, -0.2) is 17.8 Å². The van der Waals surface area contributed by atoms with Crippen molar-refractivity contribution >= 4 is 0 Å². The number of nitrogens with one attached hydrogen (secondary N) is 1. The van der Waals surface area contributed by atoms with Crippen LogP contribution >= 0.6 is 0 Å². The zero-order valence-electron chi connectivity index (χ0n) is 9.98. The lowest BCUT2D eigenvalue weighted by molar-refractivity contribution is 0.274. The monoisotopic (exact) mass is 233 g/mol. The molecule has 2 N–H and O–H groups in total. The standard InChI is InChI=1S/C14H19NO2/c16-11-6-7-12-13(9-17-14(12)8-11)15-10-4-2-1-3-5-10/h6-8,10,13,15-16H,1-5,9H2. The SMILES string of the molecule is Oc1ccc2c(c1)OCC2NC1CCCCC1. The molecule has 3 rings (SSSR count). The summed E-state index contributed by atoms with van der Waals surface area (Å²) < 4.78 is 5.61. The first-order valence-corrected chi connectivity index (χ1v) is 6.55. The summed E-state index contributed by atoms with van der Waals surface area (Å²) in [5, 5.41) is 13.1. The molecule has 1 aromatic carbocycles. The number of phenols is 1. The maximum atomic E-state index is 9.40. The Bertz CT molecular complexity index is 399. The van der Waals surface area contributed by atoms with Crippen molar-refractivity contribution in [1.29, 1.82) is 0 Å². The molecule has 0 aromatic heterocycles. The first-order valence-electron chi connectivity index (χ1n) is 6.55. The summed E-state index contributed by atoms with van der Waals surface area (Å²) in [5.41, 5.74) is 1.19. The number of ether oxygens (including phenoxy) is 1. The third-order valence-corrected chi connectivity index (χ3v) is 3.82. The number of rotatable bonds is 2. The smallest absolute Gasteiger partial charge is 0.127 e. The Kier molecular flexibility index (Phi) is 2.93. The van der Waals surface area contributed by atoms with Gasteiger partial charge in [0.2, 0.25) is 0 Å². The molecule has 1 atom stereocenters. The van der Waals surface area contributed by atoms with Crippen LogP contribution in [0.3, 0.4) is 0 Å². The molecule has 0 saturated heterocycles. The Labute approximate surface area is 102 Å². The average molecular weight is 233 g/mol. The van der Waals surface area contributed by atoms with Gasteiger partial charge in [-0.25, -0.2) is 0 Å². The molecule has 1 aliphatic carbocycles. The number of aromatic hydroxyl groups is 1. The summed E-state index contributed by atoms with van der Waals surface area (Å²) in [6.07, 6.45) is 6.62. The molecule has 1 aromatic rings. The molecule has 3 nitrogen and oxygen atoms in total. The van der Waals surface area contributed by atoms with E-state index in [0.29, 0.717) is 18.7 Å². The van der Waals surface area contributed by atoms with E-state index in [1.165, 1.54) is 37.7 Å². The second-order valence-electron chi connectivity index (χ2n) is 5.09. The van der Waals surface area contributed by atoms with Crippen LogP contribution in [0.4, 0.5) is 0 Å². The largest absolute Gasteiger partial charge is 0.508 e. The van der Waals surface area contributed by atoms with Gasteiger partial charge in [-0.05, 0) is 25.0 Å². The first-order chi connectivity index (χ1) is 8.33. The van der Waals surface area contributed by atoms with Crippen LogP contribution < -0.4 is 10.1 Å². The fraction of sp³-hybridized carbons (Fsp3) is 0.571. The van der Waals surface area contributed by atoms with E-state index in [4.69, 9.17) is 4.74 Å². The lowest BCUT2D eigenvalue weighted by Crippen LogP contribution is -2.35. The Morgan fingerprint density at radius 1 is 1.18 bits per heavy atom. The van der Waals surface area contributed by atoms with Crippen molar-refractivity contribution in [3.8, 4) is 11.5 Å². The number of phenolic OH excluding ortho intramolecular Hbond substituents is 1. The molecule has 0 bridgehead atoms. The molecule has 1 saturated carbocycles. The Morgan fingerprint density at radius 3 is 2.82 bits per heavy atom. The molecule has 1 fully saturated rings. The second-order valence-corrected chi connectivity index (χ2v) is 5.09. The van der Waals surface area contributed by atoms with Gasteiger partial charge in [0, 0.05) is 17.7 Å². The van der Waals surface area contributed by atoms with Gasteiger partial charge in [0.05, 0.1) is 6.04 Å². The molecule has 1 heterocycles. The zero-order chi connectivity index (χ0) is 11.7. The minimum absolute atomic E-state index is 0.280. The fourth-order valence-electron chi connectivity index (χ4n) is 2.89. The van der Waals surface area contributed by atoms with Gasteiger partial charge in [0.25, 0.3) is 0 Å². The third-order valence-electron chi connectivity index (χ3n) is 3.82. The lowest BCUT2D eigenvalue weighted by Gasteiger charge is -2.25. The van der Waals surface area contributed by atoms with E-state index in [9.17, 15) is 5.11 Å². The van der Waals surface area contributed by atoms with E-state index >= 15 is 0 Å². The van der Waals surface area contributed by atoms with Crippen molar-refractivity contribution in [1.82, 2.24) is 5.32 Å². The van der Waals surface area contributed by atoms with Gasteiger partial charge in [0.1, 0.15) is 18.1 Å². The molecule has 17 heavy (non-hydrogen) atoms. The predicted molar refractivity (Wildman–Crippen MR) is 66.4 cm³/mol. The quantitative estimate of drug-likeness (QED) is 0.825. The second kappa shape index (κ2) is 4.57. The molecule has 92 valence electrons. The molecule has 1 unspecified atom stereocenters. The minimum Gasteiger partial charge on any atom is -0.508 e. The molecule has 0 radical (unpaired) electrons. The van der Waals surface area contributed by atoms with E-state index in [0.717, 1.165) is 5.75 Å². The van der Waals surface area contributed by atoms with Gasteiger partial charge in [0.15, 0.2) is 0 Å². The van der Waals surface area contributed by atoms with Crippen LogP contribution in [0.5, 0.6) is 11.5 Å². The van der Waals surface area contributed by atoms with Gasteiger partial charge >= 0.3 is 0 Å². The minimum atomic E-state index is 0.280. The van der Waals surface area contributed by atoms with Gasteiger partial charge in [-0.1, -0.05) is 19.3 Å². The lowest BCUT2D eigenvalue weighted by atomic mass is 9.94. The van der Waals surface area contributed by atoms with Crippen molar-refractivity contribution in [3.05, 3.63) is 23.8 Å². The Balaban J connectivity index is 1.70. The number of hydrogen-bond acceptors (Lipinski definition) is 3. The van der Waals surface area contributed by atoms with Crippen LogP contribution in [0.15, 0.2) is 18.2 Å². The summed E-state index contributed by atoms with van der Waals surface area (Å²) in [6, 6.07) is 6.35. The van der Waals surface area contributed by atoms with Gasteiger partial charge in [-0.3, -0.25) is 0 Å². The zero-order valence-corrected chi connectivity index (χ0v) is 9.98. The molecule has 0 spiro atoms. The normalized spacial score (nSPS) is 24.4. The predicted octanol–water partition coefficient (Wildman–Crippen LogP) is 2.75. The summed E-state index contributed by atoms with van der Waals surface area (Å²) in [5.74, 6) is 1.11. The highest BCUT2D eigenvalue weighted by atomic mass is 16.5. The van der Waals surface area contributed by atoms with Crippen molar-refractivity contribution in [2.75, 3.05) is 6.61 Å². The van der Waals surface area contributed by atoms with Gasteiger partial charge < -0.3 is 15.2 Å². The molecular weight excluding hydrogens is 214 g/mol. The number of benzene rings is 1. The maximum absolute atomic E-state index is 9.40. The van der Waals surface area contributed by atoms with Crippen LogP contribution in [0.1, 0.15) is 43.7 Å². The molecular formula is C14H19NO2. The van der Waals surface area contributed by atoms with Crippen LogP contribution in [0.2, 0.25) is 0 Å². The van der Waals surface area contributed by atoms with E-state index < -0.39 is 0 Å². The van der Waals surface area contributed by atoms with Gasteiger partial charge in [-0.15, -0.1) is 0 Å². The summed E-state index contributed by atoms with van der Waals surface area (Å²) in [4.78, 5) is 0. The van der Waals surface area contributed by atoms with Crippen molar-refractivity contribution in [3.63, 3.8) is 0 Å². The van der Waals surface area contributed by atoms with Crippen molar-refractivity contribution in [2.24, 2.45) is 0 Å². The van der Waals surface area contributed by atoms with E-state index in [2.05, 4.69) is 5.32 Å². The van der Waals surface area contributed by atoms with Gasteiger partial charge in [-0.2, -0.15) is 0 Å². The first kappa shape index (κ1) is 10.9. The molecule has 0 amide bonds. The highest BCUT2D eigenvalue weighted by molar-refractivity contribution is 5.44. The van der Waals surface area contributed by atoms with Crippen molar-refractivity contribution < 1.29 is 9.84 Å². The summed E-state index contributed by atoms with van der Waals surface area (Å²) >= 11 is 0. The van der Waals surface area contributed by atoms with E-state index in [-0.39, 0.29) is 5.75 Å². The van der Waals surface area contributed by atoms with Crippen LogP contribution in [0, 0.1) is 0 Å². The van der Waals surface area contributed by atoms with Crippen molar-refractivity contribution in [2.45, 2.75) is 44.2 Å². The average Bonchev–Trinajstić information content (AvgIpc) is 2.73. The molecule has 1 aliphatic heterocycles. The van der Waals surface area contributed by atoms with E-state index in [1.807, 2.05) is 6.07 Å².